The quantitative estimate of drug-likeness (QED) is 0.540. The summed E-state index contributed by atoms with van der Waals surface area (Å²) in [6, 6.07) is 15.0. The molecule has 0 amide bonds. The topological polar surface area (TPSA) is 48.6 Å². The third kappa shape index (κ3) is 8.08. The molecule has 164 valence electrons. The van der Waals surface area contributed by atoms with E-state index in [1.807, 2.05) is 0 Å². The van der Waals surface area contributed by atoms with Gasteiger partial charge in [-0.25, -0.2) is 0 Å². The maximum atomic E-state index is 5.64. The SMILES string of the molecule is Cc1cccc(CN(CCCN2CCN(CCCN)CC2)Cc2ccc(Br)cc2)n1. The molecule has 2 aromatic rings. The van der Waals surface area contributed by atoms with E-state index in [2.05, 4.69) is 80.0 Å². The number of aryl methyl sites for hydroxylation is 1. The van der Waals surface area contributed by atoms with Crippen LogP contribution in [0.3, 0.4) is 0 Å². The van der Waals surface area contributed by atoms with Gasteiger partial charge in [0.15, 0.2) is 0 Å². The molecule has 0 spiro atoms. The molecule has 1 aliphatic heterocycles. The fourth-order valence-electron chi connectivity index (χ4n) is 4.05. The van der Waals surface area contributed by atoms with Gasteiger partial charge in [-0.15, -0.1) is 0 Å². The van der Waals surface area contributed by atoms with Crippen LogP contribution >= 0.6 is 15.9 Å². The number of piperazine rings is 1. The molecule has 2 N–H and O–H groups in total. The lowest BCUT2D eigenvalue weighted by molar-refractivity contribution is 0.125. The van der Waals surface area contributed by atoms with Gasteiger partial charge in [-0.3, -0.25) is 9.88 Å². The number of rotatable bonds is 11. The molecular weight excluding hydrogens is 438 g/mol. The van der Waals surface area contributed by atoms with Crippen molar-refractivity contribution >= 4 is 15.9 Å². The van der Waals surface area contributed by atoms with E-state index in [0.29, 0.717) is 0 Å². The summed E-state index contributed by atoms with van der Waals surface area (Å²) in [5.41, 5.74) is 9.23. The largest absolute Gasteiger partial charge is 0.330 e. The van der Waals surface area contributed by atoms with Crippen LogP contribution in [0.4, 0.5) is 0 Å². The van der Waals surface area contributed by atoms with E-state index in [1.54, 1.807) is 0 Å². The fourth-order valence-corrected chi connectivity index (χ4v) is 4.31. The number of nitrogens with zero attached hydrogens (tertiary/aromatic N) is 4. The van der Waals surface area contributed by atoms with Gasteiger partial charge in [0.25, 0.3) is 0 Å². The maximum absolute atomic E-state index is 5.64. The minimum atomic E-state index is 0.796. The highest BCUT2D eigenvalue weighted by atomic mass is 79.9. The van der Waals surface area contributed by atoms with Crippen molar-refractivity contribution in [2.24, 2.45) is 5.73 Å². The lowest BCUT2D eigenvalue weighted by Gasteiger charge is -2.35. The summed E-state index contributed by atoms with van der Waals surface area (Å²) in [4.78, 5) is 12.4. The molecule has 0 bridgehead atoms. The average molecular weight is 474 g/mol. The maximum Gasteiger partial charge on any atom is 0.0547 e. The number of nitrogens with two attached hydrogens (primary N) is 1. The van der Waals surface area contributed by atoms with Crippen molar-refractivity contribution in [3.8, 4) is 0 Å². The van der Waals surface area contributed by atoms with Crippen molar-refractivity contribution in [3.63, 3.8) is 0 Å². The third-order valence-corrected chi connectivity index (χ3v) is 6.27. The Balaban J connectivity index is 1.50. The van der Waals surface area contributed by atoms with Gasteiger partial charge >= 0.3 is 0 Å². The third-order valence-electron chi connectivity index (χ3n) is 5.74. The minimum Gasteiger partial charge on any atom is -0.330 e. The summed E-state index contributed by atoms with van der Waals surface area (Å²) < 4.78 is 1.13. The standard InChI is InChI=1S/C24H36BrN5/c1-21-5-2-6-24(27-21)20-30(19-22-7-9-23(25)10-8-22)14-4-13-29-17-15-28(16-18-29)12-3-11-26/h2,5-10H,3-4,11-20,26H2,1H3. The summed E-state index contributed by atoms with van der Waals surface area (Å²) in [5.74, 6) is 0. The van der Waals surface area contributed by atoms with E-state index in [4.69, 9.17) is 10.7 Å². The van der Waals surface area contributed by atoms with E-state index in [0.717, 1.165) is 55.0 Å². The van der Waals surface area contributed by atoms with Gasteiger partial charge in [-0.2, -0.15) is 0 Å². The predicted octanol–water partition coefficient (Wildman–Crippen LogP) is 3.51. The number of hydrogen-bond donors (Lipinski definition) is 1. The van der Waals surface area contributed by atoms with Crippen molar-refractivity contribution in [1.29, 1.82) is 0 Å². The van der Waals surface area contributed by atoms with Crippen molar-refractivity contribution < 1.29 is 0 Å². The van der Waals surface area contributed by atoms with E-state index in [-0.39, 0.29) is 0 Å². The van der Waals surface area contributed by atoms with E-state index >= 15 is 0 Å². The molecular formula is C24H36BrN5. The van der Waals surface area contributed by atoms with Crippen molar-refractivity contribution in [2.75, 3.05) is 52.4 Å². The number of benzene rings is 1. The van der Waals surface area contributed by atoms with Gasteiger partial charge in [0.05, 0.1) is 5.69 Å². The molecule has 0 atom stereocenters. The van der Waals surface area contributed by atoms with Crippen molar-refractivity contribution in [2.45, 2.75) is 32.9 Å². The number of halogens is 1. The Morgan fingerprint density at radius 1 is 0.933 bits per heavy atom. The molecule has 6 heteroatoms. The molecule has 1 aromatic carbocycles. The van der Waals surface area contributed by atoms with Gasteiger partial charge in [0, 0.05) is 56.0 Å². The van der Waals surface area contributed by atoms with Crippen LogP contribution in [0.15, 0.2) is 46.9 Å². The molecule has 1 aliphatic rings. The molecule has 30 heavy (non-hydrogen) atoms. The Bertz CT molecular complexity index is 744. The van der Waals surface area contributed by atoms with Crippen LogP contribution in [0.1, 0.15) is 29.8 Å². The van der Waals surface area contributed by atoms with Gasteiger partial charge in [-0.05, 0) is 69.2 Å². The molecule has 1 saturated heterocycles. The van der Waals surface area contributed by atoms with Gasteiger partial charge < -0.3 is 15.5 Å². The van der Waals surface area contributed by atoms with Crippen molar-refractivity contribution in [1.82, 2.24) is 19.7 Å². The Hall–Kier alpha value is -1.31. The highest BCUT2D eigenvalue weighted by Crippen LogP contribution is 2.14. The molecule has 5 nitrogen and oxygen atoms in total. The second-order valence-electron chi connectivity index (χ2n) is 8.29. The van der Waals surface area contributed by atoms with Crippen LogP contribution in [-0.4, -0.2) is 72.0 Å². The van der Waals surface area contributed by atoms with Crippen LogP contribution in [0.5, 0.6) is 0 Å². The zero-order valence-electron chi connectivity index (χ0n) is 18.3. The van der Waals surface area contributed by atoms with Crippen LogP contribution < -0.4 is 5.73 Å². The van der Waals surface area contributed by atoms with E-state index in [1.165, 1.54) is 44.7 Å². The summed E-state index contributed by atoms with van der Waals surface area (Å²) in [6.45, 7) is 12.8. The highest BCUT2D eigenvalue weighted by Gasteiger charge is 2.16. The molecule has 3 rings (SSSR count). The molecule has 0 radical (unpaired) electrons. The van der Waals surface area contributed by atoms with Crippen molar-refractivity contribution in [3.05, 3.63) is 63.9 Å². The summed E-state index contributed by atoms with van der Waals surface area (Å²) in [6.07, 6.45) is 2.29. The molecule has 0 aliphatic carbocycles. The first kappa shape index (κ1) is 23.4. The van der Waals surface area contributed by atoms with Crippen LogP contribution in [0.25, 0.3) is 0 Å². The number of pyridine rings is 1. The van der Waals surface area contributed by atoms with E-state index in [9.17, 15) is 0 Å². The number of aromatic nitrogens is 1. The summed E-state index contributed by atoms with van der Waals surface area (Å²) in [7, 11) is 0. The predicted molar refractivity (Wildman–Crippen MR) is 128 cm³/mol. The first-order valence-electron chi connectivity index (χ1n) is 11.2. The fraction of sp³-hybridized carbons (Fsp3) is 0.542. The first-order valence-corrected chi connectivity index (χ1v) is 12.0. The Morgan fingerprint density at radius 2 is 1.60 bits per heavy atom. The second kappa shape index (κ2) is 12.5. The Kier molecular flexibility index (Phi) is 9.75. The smallest absolute Gasteiger partial charge is 0.0547 e. The molecule has 0 unspecified atom stereocenters. The lowest BCUT2D eigenvalue weighted by Crippen LogP contribution is -2.47. The highest BCUT2D eigenvalue weighted by molar-refractivity contribution is 9.10. The van der Waals surface area contributed by atoms with Gasteiger partial charge in [-0.1, -0.05) is 34.1 Å². The zero-order chi connectivity index (χ0) is 21.2. The average Bonchev–Trinajstić information content (AvgIpc) is 2.75. The second-order valence-corrected chi connectivity index (χ2v) is 9.20. The van der Waals surface area contributed by atoms with Gasteiger partial charge in [0.2, 0.25) is 0 Å². The summed E-state index contributed by atoms with van der Waals surface area (Å²) in [5, 5.41) is 0. The van der Waals surface area contributed by atoms with Crippen LogP contribution in [-0.2, 0) is 13.1 Å². The first-order chi connectivity index (χ1) is 14.6. The summed E-state index contributed by atoms with van der Waals surface area (Å²) >= 11 is 3.54. The monoisotopic (exact) mass is 473 g/mol. The molecule has 2 heterocycles. The number of hydrogen-bond acceptors (Lipinski definition) is 5. The zero-order valence-corrected chi connectivity index (χ0v) is 19.9. The Labute approximate surface area is 190 Å². The van der Waals surface area contributed by atoms with Gasteiger partial charge in [0.1, 0.15) is 0 Å². The van der Waals surface area contributed by atoms with Crippen LogP contribution in [0.2, 0.25) is 0 Å². The minimum absolute atomic E-state index is 0.796. The van der Waals surface area contributed by atoms with Crippen LogP contribution in [0, 0.1) is 6.92 Å². The normalized spacial score (nSPS) is 15.7. The molecule has 1 aromatic heterocycles. The lowest BCUT2D eigenvalue weighted by atomic mass is 10.2. The van der Waals surface area contributed by atoms with E-state index < -0.39 is 0 Å². The molecule has 0 saturated carbocycles. The Morgan fingerprint density at radius 3 is 2.23 bits per heavy atom. The molecule has 1 fully saturated rings.